The normalized spacial score (nSPS) is 16.9. The Hall–Kier alpha value is -1.88. The van der Waals surface area contributed by atoms with Crippen LogP contribution >= 0.6 is 0 Å². The van der Waals surface area contributed by atoms with Gasteiger partial charge < -0.3 is 15.7 Å². The molecule has 1 aliphatic heterocycles. The molecule has 2 rings (SSSR count). The van der Waals surface area contributed by atoms with Crippen molar-refractivity contribution in [1.29, 1.82) is 0 Å². The average Bonchev–Trinajstić information content (AvgIpc) is 2.45. The number of hydrogen-bond donors (Lipinski definition) is 3. The highest BCUT2D eigenvalue weighted by Crippen LogP contribution is 2.23. The lowest BCUT2D eigenvalue weighted by Crippen LogP contribution is -2.38. The fourth-order valence-electron chi connectivity index (χ4n) is 2.12. The molecule has 0 fully saturated rings. The van der Waals surface area contributed by atoms with E-state index in [2.05, 4.69) is 10.6 Å². The van der Waals surface area contributed by atoms with Crippen LogP contribution in [0, 0.1) is 5.92 Å². The van der Waals surface area contributed by atoms with Crippen molar-refractivity contribution in [1.82, 2.24) is 5.32 Å². The van der Waals surface area contributed by atoms with Crippen LogP contribution in [0.15, 0.2) is 18.2 Å². The van der Waals surface area contributed by atoms with Crippen LogP contribution in [0.2, 0.25) is 0 Å². The maximum absolute atomic E-state index is 12.1. The fraction of sp³-hybridized carbons (Fsp3) is 0.467. The van der Waals surface area contributed by atoms with Gasteiger partial charge in [-0.05, 0) is 43.0 Å². The minimum absolute atomic E-state index is 0.0101. The summed E-state index contributed by atoms with van der Waals surface area (Å²) in [5.41, 5.74) is 2.35. The highest BCUT2D eigenvalue weighted by molar-refractivity contribution is 5.98. The van der Waals surface area contributed by atoms with E-state index in [1.807, 2.05) is 19.9 Å². The quantitative estimate of drug-likeness (QED) is 0.776. The maximum atomic E-state index is 12.1. The van der Waals surface area contributed by atoms with E-state index in [9.17, 15) is 9.59 Å². The zero-order valence-electron chi connectivity index (χ0n) is 11.8. The fourth-order valence-corrected chi connectivity index (χ4v) is 2.12. The van der Waals surface area contributed by atoms with Crippen molar-refractivity contribution in [3.8, 4) is 0 Å². The van der Waals surface area contributed by atoms with Crippen molar-refractivity contribution in [2.45, 2.75) is 32.7 Å². The lowest BCUT2D eigenvalue weighted by Gasteiger charge is -2.21. The predicted molar refractivity (Wildman–Crippen MR) is 76.6 cm³/mol. The van der Waals surface area contributed by atoms with E-state index < -0.39 is 0 Å². The molecule has 0 aromatic heterocycles. The van der Waals surface area contributed by atoms with Crippen LogP contribution in [0.5, 0.6) is 0 Å². The largest absolute Gasteiger partial charge is 0.396 e. The Labute approximate surface area is 118 Å². The van der Waals surface area contributed by atoms with E-state index in [1.165, 1.54) is 0 Å². The molecule has 0 bridgehead atoms. The van der Waals surface area contributed by atoms with E-state index in [1.54, 1.807) is 12.1 Å². The Kier molecular flexibility index (Phi) is 4.39. The molecular weight excluding hydrogens is 256 g/mol. The average molecular weight is 276 g/mol. The minimum Gasteiger partial charge on any atom is -0.396 e. The molecule has 108 valence electrons. The van der Waals surface area contributed by atoms with Crippen molar-refractivity contribution in [3.05, 3.63) is 29.3 Å². The molecule has 0 aliphatic carbocycles. The van der Waals surface area contributed by atoms with Gasteiger partial charge in [0.15, 0.2) is 0 Å². The van der Waals surface area contributed by atoms with Gasteiger partial charge in [-0.1, -0.05) is 6.92 Å². The highest BCUT2D eigenvalue weighted by atomic mass is 16.3. The third-order valence-corrected chi connectivity index (χ3v) is 3.76. The Morgan fingerprint density at radius 2 is 2.15 bits per heavy atom. The van der Waals surface area contributed by atoms with Crippen molar-refractivity contribution in [2.24, 2.45) is 5.92 Å². The number of carbonyl (C=O) groups is 2. The molecule has 1 aromatic rings. The van der Waals surface area contributed by atoms with Gasteiger partial charge in [0, 0.05) is 30.3 Å². The number of rotatable bonds is 4. The number of fused-ring (bicyclic) bond motifs is 1. The molecule has 5 nitrogen and oxygen atoms in total. The number of anilines is 1. The van der Waals surface area contributed by atoms with Crippen LogP contribution in [0.25, 0.3) is 0 Å². The molecule has 1 heterocycles. The predicted octanol–water partition coefficient (Wildman–Crippen LogP) is 1.32. The lowest BCUT2D eigenvalue weighted by atomic mass is 9.99. The summed E-state index contributed by atoms with van der Waals surface area (Å²) in [5, 5.41) is 14.7. The first-order chi connectivity index (χ1) is 9.51. The van der Waals surface area contributed by atoms with Crippen LogP contribution < -0.4 is 10.6 Å². The molecular formula is C15H20N2O3. The molecule has 0 saturated carbocycles. The summed E-state index contributed by atoms with van der Waals surface area (Å²) >= 11 is 0. The Balaban J connectivity index is 2.10. The van der Waals surface area contributed by atoms with E-state index in [-0.39, 0.29) is 30.4 Å². The van der Waals surface area contributed by atoms with Gasteiger partial charge in [0.1, 0.15) is 0 Å². The standard InChI is InChI=1S/C15H20N2O3/c1-9(8-18)10(2)16-15(20)12-3-5-13-11(7-12)4-6-14(19)17-13/h3,5,7,9-10,18H,4,6,8H2,1-2H3,(H,16,20)(H,17,19). The van der Waals surface area contributed by atoms with Crippen LogP contribution in [0.4, 0.5) is 5.69 Å². The number of amides is 2. The van der Waals surface area contributed by atoms with Gasteiger partial charge in [-0.3, -0.25) is 9.59 Å². The second kappa shape index (κ2) is 6.05. The zero-order chi connectivity index (χ0) is 14.7. The summed E-state index contributed by atoms with van der Waals surface area (Å²) in [4.78, 5) is 23.4. The first-order valence-electron chi connectivity index (χ1n) is 6.85. The van der Waals surface area contributed by atoms with Gasteiger partial charge in [0.2, 0.25) is 5.91 Å². The molecule has 0 saturated heterocycles. The van der Waals surface area contributed by atoms with Crippen LogP contribution in [0.3, 0.4) is 0 Å². The van der Waals surface area contributed by atoms with Crippen molar-refractivity contribution < 1.29 is 14.7 Å². The van der Waals surface area contributed by atoms with Gasteiger partial charge in [-0.25, -0.2) is 0 Å². The number of carbonyl (C=O) groups excluding carboxylic acids is 2. The Morgan fingerprint density at radius 1 is 1.40 bits per heavy atom. The molecule has 20 heavy (non-hydrogen) atoms. The molecule has 0 spiro atoms. The van der Waals surface area contributed by atoms with Gasteiger partial charge in [0.05, 0.1) is 0 Å². The number of hydrogen-bond acceptors (Lipinski definition) is 3. The maximum Gasteiger partial charge on any atom is 0.251 e. The van der Waals surface area contributed by atoms with Crippen molar-refractivity contribution in [2.75, 3.05) is 11.9 Å². The minimum atomic E-state index is -0.155. The third-order valence-electron chi connectivity index (χ3n) is 3.76. The van der Waals surface area contributed by atoms with Crippen LogP contribution in [-0.4, -0.2) is 29.6 Å². The van der Waals surface area contributed by atoms with Crippen LogP contribution in [-0.2, 0) is 11.2 Å². The monoisotopic (exact) mass is 276 g/mol. The SMILES string of the molecule is CC(CO)C(C)NC(=O)c1ccc2c(c1)CCC(=O)N2. The van der Waals surface area contributed by atoms with Crippen LogP contribution in [0.1, 0.15) is 36.2 Å². The van der Waals surface area contributed by atoms with E-state index >= 15 is 0 Å². The summed E-state index contributed by atoms with van der Waals surface area (Å²) in [6.45, 7) is 3.79. The smallest absolute Gasteiger partial charge is 0.251 e. The second-order valence-electron chi connectivity index (χ2n) is 5.34. The number of aliphatic hydroxyl groups is 1. The third kappa shape index (κ3) is 3.17. The summed E-state index contributed by atoms with van der Waals surface area (Å²) in [6, 6.07) is 5.20. The first kappa shape index (κ1) is 14.5. The molecule has 3 N–H and O–H groups in total. The Morgan fingerprint density at radius 3 is 2.85 bits per heavy atom. The van der Waals surface area contributed by atoms with Crippen molar-refractivity contribution in [3.63, 3.8) is 0 Å². The summed E-state index contributed by atoms with van der Waals surface area (Å²) in [5.74, 6) is -0.131. The van der Waals surface area contributed by atoms with Crippen molar-refractivity contribution >= 4 is 17.5 Å². The summed E-state index contributed by atoms with van der Waals surface area (Å²) < 4.78 is 0. The molecule has 2 atom stereocenters. The lowest BCUT2D eigenvalue weighted by molar-refractivity contribution is -0.116. The van der Waals surface area contributed by atoms with E-state index in [0.29, 0.717) is 18.4 Å². The van der Waals surface area contributed by atoms with E-state index in [4.69, 9.17) is 5.11 Å². The number of aliphatic hydroxyl groups excluding tert-OH is 1. The number of aryl methyl sites for hydroxylation is 1. The summed E-state index contributed by atoms with van der Waals surface area (Å²) in [7, 11) is 0. The number of nitrogens with one attached hydrogen (secondary N) is 2. The number of benzene rings is 1. The Bertz CT molecular complexity index is 528. The highest BCUT2D eigenvalue weighted by Gasteiger charge is 2.18. The second-order valence-corrected chi connectivity index (χ2v) is 5.34. The van der Waals surface area contributed by atoms with Gasteiger partial charge >= 0.3 is 0 Å². The molecule has 2 unspecified atom stereocenters. The molecule has 0 radical (unpaired) electrons. The van der Waals surface area contributed by atoms with Gasteiger partial charge in [-0.15, -0.1) is 0 Å². The first-order valence-corrected chi connectivity index (χ1v) is 6.85. The van der Waals surface area contributed by atoms with E-state index in [0.717, 1.165) is 11.3 Å². The topological polar surface area (TPSA) is 78.4 Å². The molecule has 1 aromatic carbocycles. The van der Waals surface area contributed by atoms with Gasteiger partial charge in [0.25, 0.3) is 5.91 Å². The molecule has 5 heteroatoms. The molecule has 1 aliphatic rings. The summed E-state index contributed by atoms with van der Waals surface area (Å²) in [6.07, 6.45) is 1.11. The molecule has 2 amide bonds. The zero-order valence-corrected chi connectivity index (χ0v) is 11.8. The van der Waals surface area contributed by atoms with Gasteiger partial charge in [-0.2, -0.15) is 0 Å².